The number of non-ortho nitro benzene ring substituents is 1. The van der Waals surface area contributed by atoms with E-state index in [2.05, 4.69) is 0 Å². The van der Waals surface area contributed by atoms with Crippen molar-refractivity contribution in [3.05, 3.63) is 33.9 Å². The van der Waals surface area contributed by atoms with Gasteiger partial charge in [0.25, 0.3) is 5.69 Å². The normalized spacial score (nSPS) is 15.2. The van der Waals surface area contributed by atoms with Gasteiger partial charge in [-0.25, -0.2) is 0 Å². The summed E-state index contributed by atoms with van der Waals surface area (Å²) in [6.07, 6.45) is -7.92. The van der Waals surface area contributed by atoms with Crippen molar-refractivity contribution < 1.29 is 28.3 Å². The molecule has 100 valence electrons. The number of benzene rings is 1. The zero-order valence-electron chi connectivity index (χ0n) is 8.76. The van der Waals surface area contributed by atoms with Crippen molar-refractivity contribution in [2.24, 2.45) is 5.73 Å². The van der Waals surface area contributed by atoms with Crippen molar-refractivity contribution in [3.8, 4) is 5.75 Å². The van der Waals surface area contributed by atoms with Crippen LogP contribution in [0.25, 0.3) is 0 Å². The van der Waals surface area contributed by atoms with Crippen LogP contribution in [-0.4, -0.2) is 27.4 Å². The van der Waals surface area contributed by atoms with Crippen LogP contribution in [0.15, 0.2) is 18.2 Å². The molecule has 0 aliphatic carbocycles. The van der Waals surface area contributed by atoms with Crippen LogP contribution in [0.1, 0.15) is 11.6 Å². The molecule has 0 aromatic heterocycles. The van der Waals surface area contributed by atoms with Crippen molar-refractivity contribution in [2.45, 2.75) is 18.3 Å². The molecule has 1 rings (SSSR count). The summed E-state index contributed by atoms with van der Waals surface area (Å²) in [5.41, 5.74) is 4.06. The van der Waals surface area contributed by atoms with E-state index in [1.807, 2.05) is 0 Å². The fourth-order valence-electron chi connectivity index (χ4n) is 1.30. The maximum Gasteiger partial charge on any atom is 0.416 e. The maximum absolute atomic E-state index is 12.2. The fraction of sp³-hybridized carbons (Fsp3) is 0.333. The molecule has 0 aliphatic rings. The molecule has 0 saturated heterocycles. The van der Waals surface area contributed by atoms with Gasteiger partial charge in [0.15, 0.2) is 6.10 Å². The standard InChI is InChI=1S/C9H9F3N2O4/c10-9(11,12)8(16)7(13)5-3-4(14(17)18)1-2-6(5)15/h1-3,7-8,15-16H,13H2/t7-,8-/m1/s1. The van der Waals surface area contributed by atoms with E-state index >= 15 is 0 Å². The van der Waals surface area contributed by atoms with Crippen LogP contribution in [0.5, 0.6) is 5.75 Å². The summed E-state index contributed by atoms with van der Waals surface area (Å²) in [6.45, 7) is 0. The van der Waals surface area contributed by atoms with Gasteiger partial charge >= 0.3 is 6.18 Å². The van der Waals surface area contributed by atoms with Crippen LogP contribution < -0.4 is 5.73 Å². The quantitative estimate of drug-likeness (QED) is 0.563. The zero-order chi connectivity index (χ0) is 14.1. The molecular weight excluding hydrogens is 257 g/mol. The molecule has 0 bridgehead atoms. The van der Waals surface area contributed by atoms with E-state index in [1.54, 1.807) is 0 Å². The number of aromatic hydroxyl groups is 1. The Kier molecular flexibility index (Phi) is 3.77. The van der Waals surface area contributed by atoms with E-state index in [4.69, 9.17) is 10.8 Å². The molecule has 0 heterocycles. The molecule has 1 aromatic carbocycles. The summed E-state index contributed by atoms with van der Waals surface area (Å²) in [4.78, 5) is 9.60. The van der Waals surface area contributed by atoms with Gasteiger partial charge in [-0.2, -0.15) is 13.2 Å². The number of alkyl halides is 3. The van der Waals surface area contributed by atoms with Gasteiger partial charge in [0.2, 0.25) is 0 Å². The molecule has 0 aliphatic heterocycles. The first-order valence-electron chi connectivity index (χ1n) is 4.62. The average Bonchev–Trinajstić information content (AvgIpc) is 2.26. The lowest BCUT2D eigenvalue weighted by atomic mass is 10.0. The van der Waals surface area contributed by atoms with Crippen LogP contribution in [0.3, 0.4) is 0 Å². The molecule has 1 aromatic rings. The summed E-state index contributed by atoms with van der Waals surface area (Å²) in [5.74, 6) is -0.656. The predicted molar refractivity (Wildman–Crippen MR) is 53.8 cm³/mol. The molecule has 0 radical (unpaired) electrons. The predicted octanol–water partition coefficient (Wildman–Crippen LogP) is 1.22. The number of phenolic OH excluding ortho intramolecular Hbond substituents is 1. The Hall–Kier alpha value is -1.87. The van der Waals surface area contributed by atoms with Gasteiger partial charge in [-0.3, -0.25) is 10.1 Å². The molecule has 0 fully saturated rings. The summed E-state index contributed by atoms with van der Waals surface area (Å²) in [7, 11) is 0. The van der Waals surface area contributed by atoms with Crippen LogP contribution >= 0.6 is 0 Å². The molecule has 0 saturated carbocycles. The molecule has 0 amide bonds. The van der Waals surface area contributed by atoms with E-state index in [0.29, 0.717) is 6.07 Å². The number of rotatable bonds is 3. The van der Waals surface area contributed by atoms with Crippen molar-refractivity contribution >= 4 is 5.69 Å². The second-order valence-corrected chi connectivity index (χ2v) is 3.51. The van der Waals surface area contributed by atoms with Gasteiger partial charge in [-0.05, 0) is 6.07 Å². The van der Waals surface area contributed by atoms with Gasteiger partial charge in [-0.1, -0.05) is 0 Å². The number of halogens is 3. The first-order chi connectivity index (χ1) is 8.14. The Balaban J connectivity index is 3.16. The largest absolute Gasteiger partial charge is 0.508 e. The number of hydrogen-bond donors (Lipinski definition) is 3. The SMILES string of the molecule is N[C@H](c1cc([N+](=O)[O-])ccc1O)[C@@H](O)C(F)(F)F. The van der Waals surface area contributed by atoms with Crippen molar-refractivity contribution in [2.75, 3.05) is 0 Å². The van der Waals surface area contributed by atoms with Crippen LogP contribution in [0.2, 0.25) is 0 Å². The average molecular weight is 266 g/mol. The minimum absolute atomic E-state index is 0.535. The Morgan fingerprint density at radius 3 is 2.39 bits per heavy atom. The number of hydrogen-bond acceptors (Lipinski definition) is 5. The van der Waals surface area contributed by atoms with Gasteiger partial charge in [0, 0.05) is 17.7 Å². The van der Waals surface area contributed by atoms with Gasteiger partial charge in [-0.15, -0.1) is 0 Å². The maximum atomic E-state index is 12.2. The van der Waals surface area contributed by atoms with Gasteiger partial charge in [0.1, 0.15) is 5.75 Å². The highest BCUT2D eigenvalue weighted by Crippen LogP contribution is 2.34. The number of nitro benzene ring substituents is 1. The van der Waals surface area contributed by atoms with Crippen LogP contribution in [0, 0.1) is 10.1 Å². The zero-order valence-corrected chi connectivity index (χ0v) is 8.76. The van der Waals surface area contributed by atoms with E-state index < -0.39 is 40.2 Å². The Morgan fingerprint density at radius 1 is 1.39 bits per heavy atom. The van der Waals surface area contributed by atoms with E-state index in [-0.39, 0.29) is 0 Å². The number of aliphatic hydroxyl groups is 1. The van der Waals surface area contributed by atoms with Crippen molar-refractivity contribution in [1.82, 2.24) is 0 Å². The van der Waals surface area contributed by atoms with E-state index in [1.165, 1.54) is 0 Å². The van der Waals surface area contributed by atoms with Crippen LogP contribution in [0.4, 0.5) is 18.9 Å². The lowest BCUT2D eigenvalue weighted by molar-refractivity contribution is -0.385. The summed E-state index contributed by atoms with van der Waals surface area (Å²) >= 11 is 0. The number of nitrogens with two attached hydrogens (primary N) is 1. The highest BCUT2D eigenvalue weighted by molar-refractivity contribution is 5.45. The molecule has 2 atom stereocenters. The third kappa shape index (κ3) is 2.87. The lowest BCUT2D eigenvalue weighted by Crippen LogP contribution is -2.38. The van der Waals surface area contributed by atoms with Crippen molar-refractivity contribution in [1.29, 1.82) is 0 Å². The summed E-state index contributed by atoms with van der Waals surface area (Å²) in [5, 5.41) is 28.7. The number of nitrogens with zero attached hydrogens (tertiary/aromatic N) is 1. The number of aliphatic hydroxyl groups excluding tert-OH is 1. The van der Waals surface area contributed by atoms with Gasteiger partial charge < -0.3 is 15.9 Å². The smallest absolute Gasteiger partial charge is 0.416 e. The highest BCUT2D eigenvalue weighted by Gasteiger charge is 2.43. The fourth-order valence-corrected chi connectivity index (χ4v) is 1.30. The molecule has 0 spiro atoms. The van der Waals surface area contributed by atoms with Crippen LogP contribution in [-0.2, 0) is 0 Å². The summed E-state index contributed by atoms with van der Waals surface area (Å²) in [6, 6.07) is 0.432. The second kappa shape index (κ2) is 4.78. The molecule has 6 nitrogen and oxygen atoms in total. The minimum atomic E-state index is -4.99. The molecular formula is C9H9F3N2O4. The van der Waals surface area contributed by atoms with Gasteiger partial charge in [0.05, 0.1) is 11.0 Å². The Bertz CT molecular complexity index is 464. The Labute approximate surface area is 98.6 Å². The van der Waals surface area contributed by atoms with E-state index in [9.17, 15) is 28.4 Å². The monoisotopic (exact) mass is 266 g/mol. The minimum Gasteiger partial charge on any atom is -0.508 e. The first-order valence-corrected chi connectivity index (χ1v) is 4.62. The highest BCUT2D eigenvalue weighted by atomic mass is 19.4. The molecule has 9 heteroatoms. The third-order valence-electron chi connectivity index (χ3n) is 2.26. The lowest BCUT2D eigenvalue weighted by Gasteiger charge is -2.22. The topological polar surface area (TPSA) is 110 Å². The van der Waals surface area contributed by atoms with E-state index in [0.717, 1.165) is 12.1 Å². The number of nitro groups is 1. The number of phenols is 1. The molecule has 4 N–H and O–H groups in total. The summed E-state index contributed by atoms with van der Waals surface area (Å²) < 4.78 is 36.7. The Morgan fingerprint density at radius 2 is 1.94 bits per heavy atom. The molecule has 0 unspecified atom stereocenters. The first kappa shape index (κ1) is 14.2. The second-order valence-electron chi connectivity index (χ2n) is 3.51. The third-order valence-corrected chi connectivity index (χ3v) is 2.26. The van der Waals surface area contributed by atoms with Crippen molar-refractivity contribution in [3.63, 3.8) is 0 Å². The molecule has 18 heavy (non-hydrogen) atoms.